The molecule has 0 aromatic heterocycles. The van der Waals surface area contributed by atoms with Gasteiger partial charge in [0.2, 0.25) is 5.75 Å². The summed E-state index contributed by atoms with van der Waals surface area (Å²) in [6.45, 7) is 5.36. The molecule has 42 heavy (non-hydrogen) atoms. The Morgan fingerprint density at radius 1 is 0.810 bits per heavy atom. The molecule has 0 amide bonds. The van der Waals surface area contributed by atoms with Gasteiger partial charge < -0.3 is 33.5 Å². The maximum atomic E-state index is 13.8. The van der Waals surface area contributed by atoms with Gasteiger partial charge in [-0.25, -0.2) is 22.8 Å². The van der Waals surface area contributed by atoms with Gasteiger partial charge in [0.05, 0.1) is 38.6 Å². The molecule has 0 saturated carbocycles. The van der Waals surface area contributed by atoms with Crippen LogP contribution < -0.4 is 14.2 Å². The highest BCUT2D eigenvalue weighted by Gasteiger charge is 2.23. The zero-order valence-electron chi connectivity index (χ0n) is 24.0. The van der Waals surface area contributed by atoms with Crippen LogP contribution in [0, 0.1) is 17.5 Å². The average Bonchev–Trinajstić information content (AvgIpc) is 3.22. The van der Waals surface area contributed by atoms with E-state index in [1.54, 1.807) is 0 Å². The van der Waals surface area contributed by atoms with Gasteiger partial charge in [-0.1, -0.05) is 0 Å². The number of carbonyl (C=O) groups is 2. The molecule has 2 aliphatic rings. The molecule has 2 aliphatic heterocycles. The maximum Gasteiger partial charge on any atom is 0.338 e. The van der Waals surface area contributed by atoms with Crippen LogP contribution in [0.1, 0.15) is 52.8 Å². The minimum absolute atomic E-state index is 0.185. The molecule has 0 spiro atoms. The summed E-state index contributed by atoms with van der Waals surface area (Å²) in [5, 5.41) is 0. The number of esters is 2. The van der Waals surface area contributed by atoms with E-state index in [9.17, 15) is 22.8 Å². The number of halogens is 3. The third kappa shape index (κ3) is 8.28. The third-order valence-electron chi connectivity index (χ3n) is 7.40. The van der Waals surface area contributed by atoms with Crippen LogP contribution in [0.4, 0.5) is 13.2 Å². The van der Waals surface area contributed by atoms with Crippen molar-refractivity contribution in [2.24, 2.45) is 0 Å². The molecule has 3 atom stereocenters. The summed E-state index contributed by atoms with van der Waals surface area (Å²) in [6, 6.07) is 4.34. The first-order chi connectivity index (χ1) is 20.3. The molecule has 230 valence electrons. The normalized spacial score (nSPS) is 22.4. The van der Waals surface area contributed by atoms with Crippen molar-refractivity contribution >= 4 is 11.9 Å². The standard InChI is InChI=1S/C30H37F3N2O7/c1-38-25-18-21-19-26(28(25)39-2)40-14-3-6-22(42-30(37)20-16-23(31)27(33)24(32)17-20)7-11-35-9-4-8-34(12-13-35)10-5-15-41-29(21)36/h16-19,22H,3-15H2,1-2H3. The largest absolute Gasteiger partial charge is 0.493 e. The second-order valence-corrected chi connectivity index (χ2v) is 10.3. The number of fused-ring (bicyclic) bond motifs is 5. The number of hydrogen-bond acceptors (Lipinski definition) is 9. The molecule has 1 fully saturated rings. The van der Waals surface area contributed by atoms with Crippen molar-refractivity contribution in [2.45, 2.75) is 38.2 Å². The van der Waals surface area contributed by atoms with Crippen LogP contribution in [-0.4, -0.2) is 94.5 Å². The number of rotatable bonds is 4. The summed E-state index contributed by atoms with van der Waals surface area (Å²) in [7, 11) is 2.92. The quantitative estimate of drug-likeness (QED) is 0.376. The summed E-state index contributed by atoms with van der Waals surface area (Å²) in [5.74, 6) is -5.07. The first kappa shape index (κ1) is 31.4. The lowest BCUT2D eigenvalue weighted by Crippen LogP contribution is -2.34. The molecule has 0 aliphatic carbocycles. The van der Waals surface area contributed by atoms with Crippen LogP contribution in [-0.2, 0) is 9.47 Å². The molecular formula is C30H37F3N2O7. The molecule has 4 bridgehead atoms. The predicted octanol–water partition coefficient (Wildman–Crippen LogP) is 4.46. The number of methoxy groups -OCH3 is 2. The minimum atomic E-state index is -1.64. The monoisotopic (exact) mass is 594 g/mol. The van der Waals surface area contributed by atoms with Gasteiger partial charge in [-0.15, -0.1) is 0 Å². The van der Waals surface area contributed by atoms with Gasteiger partial charge in [-0.3, -0.25) is 0 Å². The smallest absolute Gasteiger partial charge is 0.338 e. The highest BCUT2D eigenvalue weighted by Crippen LogP contribution is 2.39. The Morgan fingerprint density at radius 3 is 2.17 bits per heavy atom. The third-order valence-corrected chi connectivity index (χ3v) is 7.40. The minimum Gasteiger partial charge on any atom is -0.493 e. The van der Waals surface area contributed by atoms with Crippen LogP contribution in [0.15, 0.2) is 24.3 Å². The van der Waals surface area contributed by atoms with Gasteiger partial charge in [0, 0.05) is 26.2 Å². The zero-order valence-corrected chi connectivity index (χ0v) is 24.0. The van der Waals surface area contributed by atoms with E-state index in [-0.39, 0.29) is 18.8 Å². The summed E-state index contributed by atoms with van der Waals surface area (Å²) in [5.41, 5.74) is -0.138. The summed E-state index contributed by atoms with van der Waals surface area (Å²) < 4.78 is 69.0. The van der Waals surface area contributed by atoms with Crippen LogP contribution >= 0.6 is 0 Å². The van der Waals surface area contributed by atoms with Crippen LogP contribution in [0.25, 0.3) is 0 Å². The van der Waals surface area contributed by atoms with Crippen LogP contribution in [0.2, 0.25) is 0 Å². The van der Waals surface area contributed by atoms with Gasteiger partial charge >= 0.3 is 11.9 Å². The molecule has 0 N–H and O–H groups in total. The Labute approximate surface area is 243 Å². The molecular weight excluding hydrogens is 557 g/mol. The molecule has 9 nitrogen and oxygen atoms in total. The fourth-order valence-corrected chi connectivity index (χ4v) is 5.14. The molecule has 2 aromatic rings. The Balaban J connectivity index is 1.53. The van der Waals surface area contributed by atoms with E-state index in [1.807, 2.05) is 0 Å². The van der Waals surface area contributed by atoms with E-state index in [4.69, 9.17) is 23.7 Å². The van der Waals surface area contributed by atoms with Gasteiger partial charge in [0.15, 0.2) is 29.0 Å². The van der Waals surface area contributed by atoms with Crippen LogP contribution in [0.5, 0.6) is 17.2 Å². The van der Waals surface area contributed by atoms with Crippen molar-refractivity contribution < 1.29 is 46.4 Å². The Morgan fingerprint density at radius 2 is 1.48 bits per heavy atom. The molecule has 3 unspecified atom stereocenters. The van der Waals surface area contributed by atoms with E-state index >= 15 is 0 Å². The highest BCUT2D eigenvalue weighted by atomic mass is 19.2. The van der Waals surface area contributed by atoms with Crippen molar-refractivity contribution in [1.82, 2.24) is 9.80 Å². The summed E-state index contributed by atoms with van der Waals surface area (Å²) in [6.07, 6.45) is 2.38. The summed E-state index contributed by atoms with van der Waals surface area (Å²) >= 11 is 0. The topological polar surface area (TPSA) is 86.8 Å². The molecule has 0 radical (unpaired) electrons. The second kappa shape index (κ2) is 15.1. The number of ether oxygens (including phenoxy) is 5. The molecule has 2 aromatic carbocycles. The van der Waals surface area contributed by atoms with Crippen molar-refractivity contribution in [3.05, 3.63) is 52.8 Å². The van der Waals surface area contributed by atoms with Gasteiger partial charge in [-0.05, 0) is 69.5 Å². The van der Waals surface area contributed by atoms with E-state index in [1.165, 1.54) is 26.4 Å². The van der Waals surface area contributed by atoms with E-state index in [0.29, 0.717) is 61.6 Å². The fraction of sp³-hybridized carbons (Fsp3) is 0.533. The lowest BCUT2D eigenvalue weighted by molar-refractivity contribution is 0.0220. The van der Waals surface area contributed by atoms with Crippen LogP contribution in [0.3, 0.4) is 0 Å². The number of hydrogen-bond donors (Lipinski definition) is 0. The second-order valence-electron chi connectivity index (χ2n) is 10.3. The van der Waals surface area contributed by atoms with Gasteiger partial charge in [0.25, 0.3) is 0 Å². The van der Waals surface area contributed by atoms with Crippen molar-refractivity contribution in [1.29, 1.82) is 0 Å². The predicted molar refractivity (Wildman–Crippen MR) is 147 cm³/mol. The number of benzene rings is 2. The maximum absolute atomic E-state index is 13.8. The number of carbonyl (C=O) groups excluding carboxylic acids is 2. The van der Waals surface area contributed by atoms with E-state index in [0.717, 1.165) is 39.1 Å². The number of cyclic esters (lactones) is 1. The van der Waals surface area contributed by atoms with E-state index in [2.05, 4.69) is 9.80 Å². The first-order valence-corrected chi connectivity index (χ1v) is 14.1. The SMILES string of the molecule is COc1cc2cc(c1OC)OCCCC(OC(=O)c1cc(F)c(F)c(F)c1)CCN1CCCN(CCCOC2=O)CC1. The summed E-state index contributed by atoms with van der Waals surface area (Å²) in [4.78, 5) is 30.2. The zero-order chi connectivity index (χ0) is 30.1. The molecule has 2 heterocycles. The Kier molecular flexibility index (Phi) is 11.3. The van der Waals surface area contributed by atoms with Crippen molar-refractivity contribution in [3.63, 3.8) is 0 Å². The van der Waals surface area contributed by atoms with Gasteiger partial charge in [0.1, 0.15) is 6.10 Å². The van der Waals surface area contributed by atoms with Crippen molar-refractivity contribution in [2.75, 3.05) is 66.7 Å². The Hall–Kier alpha value is -3.51. The van der Waals surface area contributed by atoms with Gasteiger partial charge in [-0.2, -0.15) is 0 Å². The number of nitrogens with zero attached hydrogens (tertiary/aromatic N) is 2. The molecule has 1 saturated heterocycles. The lowest BCUT2D eigenvalue weighted by atomic mass is 10.1. The van der Waals surface area contributed by atoms with E-state index < -0.39 is 41.1 Å². The Bertz CT molecular complexity index is 1220. The first-order valence-electron chi connectivity index (χ1n) is 14.1. The molecule has 4 rings (SSSR count). The average molecular weight is 595 g/mol. The molecule has 12 heteroatoms. The lowest BCUT2D eigenvalue weighted by Gasteiger charge is -2.24. The highest BCUT2D eigenvalue weighted by molar-refractivity contribution is 5.91. The fourth-order valence-electron chi connectivity index (χ4n) is 5.14. The van der Waals surface area contributed by atoms with Crippen molar-refractivity contribution in [3.8, 4) is 17.2 Å².